The average molecular weight is 404 g/mol. The van der Waals surface area contributed by atoms with Gasteiger partial charge in [0.2, 0.25) is 0 Å². The summed E-state index contributed by atoms with van der Waals surface area (Å²) < 4.78 is 0. The molecular formula is C24H22ClN3O. The Balaban J connectivity index is 1.91. The topological polar surface area (TPSA) is 51.6 Å². The molecule has 0 aliphatic carbocycles. The number of rotatable bonds is 5. The third-order valence-corrected chi connectivity index (χ3v) is 4.91. The van der Waals surface area contributed by atoms with E-state index in [1.165, 1.54) is 5.56 Å². The first kappa shape index (κ1) is 19.2. The number of hydrogen-bond acceptors (Lipinski definition) is 3. The van der Waals surface area contributed by atoms with Crippen molar-refractivity contribution in [2.75, 3.05) is 14.1 Å². The number of H-pyrrole nitrogens is 1. The minimum Gasteiger partial charge on any atom is -0.494 e. The van der Waals surface area contributed by atoms with Crippen LogP contribution in [-0.4, -0.2) is 34.8 Å². The van der Waals surface area contributed by atoms with Crippen LogP contribution in [-0.2, 0) is 6.54 Å². The number of nitrogens with zero attached hydrogens (tertiary/aromatic N) is 2. The van der Waals surface area contributed by atoms with Crippen molar-refractivity contribution in [2.24, 2.45) is 4.99 Å². The van der Waals surface area contributed by atoms with Crippen molar-refractivity contribution in [3.05, 3.63) is 94.5 Å². The van der Waals surface area contributed by atoms with Crippen LogP contribution >= 0.6 is 11.6 Å². The van der Waals surface area contributed by atoms with Crippen molar-refractivity contribution < 1.29 is 5.11 Å². The Hall–Kier alpha value is -3.08. The van der Waals surface area contributed by atoms with Crippen LogP contribution in [0.15, 0.2) is 77.8 Å². The Labute approximate surface area is 175 Å². The third-order valence-electron chi connectivity index (χ3n) is 4.68. The van der Waals surface area contributed by atoms with Crippen LogP contribution < -0.4 is 0 Å². The highest BCUT2D eigenvalue weighted by Crippen LogP contribution is 2.33. The summed E-state index contributed by atoms with van der Waals surface area (Å²) >= 11 is 6.13. The highest BCUT2D eigenvalue weighted by atomic mass is 35.5. The van der Waals surface area contributed by atoms with Crippen molar-refractivity contribution in [2.45, 2.75) is 6.54 Å². The lowest BCUT2D eigenvalue weighted by molar-refractivity contribution is 0.402. The number of benzene rings is 3. The quantitative estimate of drug-likeness (QED) is 0.416. The second-order valence-electron chi connectivity index (χ2n) is 7.27. The summed E-state index contributed by atoms with van der Waals surface area (Å²) in [7, 11) is 4.08. The summed E-state index contributed by atoms with van der Waals surface area (Å²) in [4.78, 5) is 10.1. The van der Waals surface area contributed by atoms with Gasteiger partial charge < -0.3 is 15.0 Å². The van der Waals surface area contributed by atoms with Crippen LogP contribution in [0.1, 0.15) is 16.7 Å². The maximum atomic E-state index is 10.7. The van der Waals surface area contributed by atoms with Crippen LogP contribution in [0.4, 0.5) is 5.69 Å². The van der Waals surface area contributed by atoms with E-state index in [-0.39, 0.29) is 5.88 Å². The van der Waals surface area contributed by atoms with Crippen molar-refractivity contribution in [1.29, 1.82) is 0 Å². The van der Waals surface area contributed by atoms with E-state index in [0.29, 0.717) is 16.3 Å². The minimum absolute atomic E-state index is 0.0781. The number of aromatic hydroxyl groups is 1. The minimum atomic E-state index is 0.0781. The van der Waals surface area contributed by atoms with Gasteiger partial charge in [-0.2, -0.15) is 0 Å². The Morgan fingerprint density at radius 2 is 1.79 bits per heavy atom. The number of fused-ring (bicyclic) bond motifs is 1. The molecule has 4 rings (SSSR count). The summed E-state index contributed by atoms with van der Waals surface area (Å²) in [5, 5.41) is 12.2. The van der Waals surface area contributed by atoms with Gasteiger partial charge in [0, 0.05) is 22.5 Å². The molecule has 0 saturated carbocycles. The van der Waals surface area contributed by atoms with Gasteiger partial charge in [-0.1, -0.05) is 60.1 Å². The maximum absolute atomic E-state index is 10.7. The molecule has 0 aliphatic heterocycles. The first-order chi connectivity index (χ1) is 14.0. The molecule has 1 aromatic heterocycles. The van der Waals surface area contributed by atoms with Gasteiger partial charge in [0.1, 0.15) is 0 Å². The van der Waals surface area contributed by atoms with E-state index in [1.54, 1.807) is 6.07 Å². The Bertz CT molecular complexity index is 1180. The molecule has 0 unspecified atom stereocenters. The zero-order chi connectivity index (χ0) is 20.4. The lowest BCUT2D eigenvalue weighted by Crippen LogP contribution is -2.10. The molecule has 0 saturated heterocycles. The zero-order valence-corrected chi connectivity index (χ0v) is 17.1. The van der Waals surface area contributed by atoms with Crippen LogP contribution in [0.5, 0.6) is 5.88 Å². The van der Waals surface area contributed by atoms with Gasteiger partial charge in [0.15, 0.2) is 5.88 Å². The zero-order valence-electron chi connectivity index (χ0n) is 16.4. The number of aromatic amines is 1. The van der Waals surface area contributed by atoms with Crippen molar-refractivity contribution >= 4 is 33.9 Å². The van der Waals surface area contributed by atoms with Gasteiger partial charge in [-0.15, -0.1) is 0 Å². The molecule has 0 fully saturated rings. The fourth-order valence-corrected chi connectivity index (χ4v) is 3.65. The van der Waals surface area contributed by atoms with Crippen molar-refractivity contribution in [3.8, 4) is 5.88 Å². The van der Waals surface area contributed by atoms with E-state index < -0.39 is 0 Å². The number of halogens is 1. The highest BCUT2D eigenvalue weighted by molar-refractivity contribution is 6.31. The van der Waals surface area contributed by atoms with Gasteiger partial charge in [0.05, 0.1) is 22.5 Å². The predicted molar refractivity (Wildman–Crippen MR) is 121 cm³/mol. The molecule has 4 aromatic rings. The van der Waals surface area contributed by atoms with E-state index in [0.717, 1.165) is 28.7 Å². The fourth-order valence-electron chi connectivity index (χ4n) is 3.47. The number of aromatic nitrogens is 1. The monoisotopic (exact) mass is 403 g/mol. The molecule has 0 atom stereocenters. The summed E-state index contributed by atoms with van der Waals surface area (Å²) in [6.45, 7) is 0.834. The maximum Gasteiger partial charge on any atom is 0.199 e. The molecule has 0 bridgehead atoms. The smallest absolute Gasteiger partial charge is 0.199 e. The van der Waals surface area contributed by atoms with Crippen molar-refractivity contribution in [3.63, 3.8) is 0 Å². The first-order valence-corrected chi connectivity index (χ1v) is 9.77. The van der Waals surface area contributed by atoms with E-state index in [9.17, 15) is 5.11 Å². The van der Waals surface area contributed by atoms with Gasteiger partial charge in [0.25, 0.3) is 0 Å². The van der Waals surface area contributed by atoms with E-state index in [1.807, 2.05) is 68.7 Å². The lowest BCUT2D eigenvalue weighted by Gasteiger charge is -2.11. The Kier molecular flexibility index (Phi) is 5.38. The molecular weight excluding hydrogens is 382 g/mol. The fraction of sp³-hybridized carbons (Fsp3) is 0.125. The average Bonchev–Trinajstić information content (AvgIpc) is 3.01. The van der Waals surface area contributed by atoms with Crippen LogP contribution in [0.2, 0.25) is 5.02 Å². The SMILES string of the molecule is CN(C)Cc1cccc(N=C(c2ccccc2)c2c(O)[nH]c3cc(Cl)ccc23)c1. The predicted octanol–water partition coefficient (Wildman–Crippen LogP) is 5.76. The first-order valence-electron chi connectivity index (χ1n) is 9.39. The van der Waals surface area contributed by atoms with E-state index in [2.05, 4.69) is 22.0 Å². The molecule has 0 aliphatic rings. The van der Waals surface area contributed by atoms with E-state index >= 15 is 0 Å². The molecule has 3 aromatic carbocycles. The Morgan fingerprint density at radius 3 is 2.55 bits per heavy atom. The molecule has 5 heteroatoms. The highest BCUT2D eigenvalue weighted by Gasteiger charge is 2.18. The Morgan fingerprint density at radius 1 is 1.00 bits per heavy atom. The van der Waals surface area contributed by atoms with Gasteiger partial charge in [-0.3, -0.25) is 0 Å². The van der Waals surface area contributed by atoms with E-state index in [4.69, 9.17) is 16.6 Å². The standard InChI is InChI=1S/C24H22ClN3O/c1-28(2)15-16-7-6-10-19(13-16)26-23(17-8-4-3-5-9-17)22-20-12-11-18(25)14-21(20)27-24(22)29/h3-14,27,29H,15H2,1-2H3. The second-order valence-corrected chi connectivity index (χ2v) is 7.71. The van der Waals surface area contributed by atoms with Gasteiger partial charge >= 0.3 is 0 Å². The van der Waals surface area contributed by atoms with Crippen molar-refractivity contribution in [1.82, 2.24) is 9.88 Å². The lowest BCUT2D eigenvalue weighted by atomic mass is 10.0. The third kappa shape index (κ3) is 4.19. The normalized spacial score (nSPS) is 12.1. The molecule has 29 heavy (non-hydrogen) atoms. The molecule has 4 nitrogen and oxygen atoms in total. The number of hydrogen-bond donors (Lipinski definition) is 2. The number of nitrogens with one attached hydrogen (secondary N) is 1. The summed E-state index contributed by atoms with van der Waals surface area (Å²) in [5.41, 5.74) is 5.09. The van der Waals surface area contributed by atoms with Crippen LogP contribution in [0.3, 0.4) is 0 Å². The largest absolute Gasteiger partial charge is 0.494 e. The van der Waals surface area contributed by atoms with Crippen LogP contribution in [0, 0.1) is 0 Å². The summed E-state index contributed by atoms with van der Waals surface area (Å²) in [6.07, 6.45) is 0. The summed E-state index contributed by atoms with van der Waals surface area (Å²) in [6, 6.07) is 23.6. The van der Waals surface area contributed by atoms with Gasteiger partial charge in [-0.25, -0.2) is 4.99 Å². The molecule has 146 valence electrons. The summed E-state index contributed by atoms with van der Waals surface area (Å²) in [5.74, 6) is 0.0781. The van der Waals surface area contributed by atoms with Crippen LogP contribution in [0.25, 0.3) is 10.9 Å². The molecule has 0 radical (unpaired) electrons. The molecule has 0 amide bonds. The second kappa shape index (κ2) is 8.11. The van der Waals surface area contributed by atoms with Gasteiger partial charge in [-0.05, 0) is 43.9 Å². The molecule has 1 heterocycles. The number of aliphatic imine (C=N–C) groups is 1. The molecule has 2 N–H and O–H groups in total. The molecule has 0 spiro atoms.